The highest BCUT2D eigenvalue weighted by molar-refractivity contribution is 5.33. The van der Waals surface area contributed by atoms with E-state index >= 15 is 0 Å². The summed E-state index contributed by atoms with van der Waals surface area (Å²) in [5, 5.41) is 8.99. The third-order valence-electron chi connectivity index (χ3n) is 7.51. The van der Waals surface area contributed by atoms with Crippen molar-refractivity contribution >= 4 is 0 Å². The highest BCUT2D eigenvalue weighted by atomic mass is 14.3. The van der Waals surface area contributed by atoms with E-state index in [1.165, 1.54) is 113 Å². The van der Waals surface area contributed by atoms with Crippen LogP contribution in [0.15, 0.2) is 48.5 Å². The number of nitrogens with zero attached hydrogens (tertiary/aromatic N) is 1. The molecule has 1 aliphatic carbocycles. The molecule has 1 aliphatic rings. The normalized spacial score (nSPS) is 18.4. The Morgan fingerprint density at radius 2 is 1.06 bits per heavy atom. The van der Waals surface area contributed by atoms with E-state index in [2.05, 4.69) is 49.4 Å². The van der Waals surface area contributed by atoms with E-state index < -0.39 is 0 Å². The minimum atomic E-state index is 0.662. The van der Waals surface area contributed by atoms with Crippen LogP contribution in [0.5, 0.6) is 0 Å². The first kappa shape index (κ1) is 24.6. The molecule has 0 amide bonds. The van der Waals surface area contributed by atoms with Crippen LogP contribution in [-0.2, 0) is 6.42 Å². The van der Waals surface area contributed by atoms with Gasteiger partial charge in [-0.1, -0.05) is 101 Å². The Bertz CT molecular complexity index is 788. The van der Waals surface area contributed by atoms with Gasteiger partial charge in [0.05, 0.1) is 11.6 Å². The first-order valence-corrected chi connectivity index (χ1v) is 13.4. The molecule has 2 aromatic rings. The Morgan fingerprint density at radius 1 is 0.625 bits per heavy atom. The van der Waals surface area contributed by atoms with Crippen molar-refractivity contribution < 1.29 is 0 Å². The fraction of sp³-hybridized carbons (Fsp3) is 0.581. The van der Waals surface area contributed by atoms with Gasteiger partial charge >= 0.3 is 0 Å². The summed E-state index contributed by atoms with van der Waals surface area (Å²) in [6.45, 7) is 2.29. The molecule has 1 heteroatoms. The van der Waals surface area contributed by atoms with Crippen molar-refractivity contribution in [3.8, 4) is 6.07 Å². The van der Waals surface area contributed by atoms with Gasteiger partial charge < -0.3 is 0 Å². The maximum atomic E-state index is 8.99. The molecule has 0 spiro atoms. The largest absolute Gasteiger partial charge is 0.192 e. The lowest BCUT2D eigenvalue weighted by Crippen LogP contribution is -2.12. The van der Waals surface area contributed by atoms with E-state index in [0.717, 1.165) is 11.5 Å². The van der Waals surface area contributed by atoms with Gasteiger partial charge in [-0.3, -0.25) is 0 Å². The lowest BCUT2D eigenvalue weighted by atomic mass is 9.76. The third kappa shape index (κ3) is 8.12. The van der Waals surface area contributed by atoms with E-state index in [0.29, 0.717) is 5.92 Å². The number of rotatable bonds is 13. The monoisotopic (exact) mass is 429 g/mol. The lowest BCUT2D eigenvalue weighted by Gasteiger charge is -2.29. The molecule has 0 N–H and O–H groups in total. The highest BCUT2D eigenvalue weighted by Crippen LogP contribution is 2.40. The molecule has 0 unspecified atom stereocenters. The summed E-state index contributed by atoms with van der Waals surface area (Å²) in [7, 11) is 0. The molecule has 1 fully saturated rings. The molecule has 0 atom stereocenters. The summed E-state index contributed by atoms with van der Waals surface area (Å²) in [4.78, 5) is 0. The first-order chi connectivity index (χ1) is 15.8. The second-order valence-electron chi connectivity index (χ2n) is 9.96. The lowest BCUT2D eigenvalue weighted by molar-refractivity contribution is 0.396. The van der Waals surface area contributed by atoms with Crippen LogP contribution in [0.25, 0.3) is 0 Å². The second-order valence-corrected chi connectivity index (χ2v) is 9.96. The van der Waals surface area contributed by atoms with Crippen LogP contribution in [0.1, 0.15) is 131 Å². The van der Waals surface area contributed by atoms with Crippen molar-refractivity contribution in [1.82, 2.24) is 0 Å². The van der Waals surface area contributed by atoms with Crippen LogP contribution in [0.3, 0.4) is 0 Å². The average molecular weight is 430 g/mol. The molecule has 2 aromatic carbocycles. The van der Waals surface area contributed by atoms with E-state index in [9.17, 15) is 0 Å². The van der Waals surface area contributed by atoms with Crippen LogP contribution in [0, 0.1) is 11.3 Å². The maximum absolute atomic E-state index is 8.99. The Hall–Kier alpha value is -2.07. The molecule has 32 heavy (non-hydrogen) atoms. The van der Waals surface area contributed by atoms with Gasteiger partial charge in [-0.05, 0) is 79.2 Å². The molecule has 172 valence electrons. The number of hydrogen-bond acceptors (Lipinski definition) is 1. The summed E-state index contributed by atoms with van der Waals surface area (Å²) in [5.74, 6) is 1.38. The molecule has 0 radical (unpaired) electrons. The Morgan fingerprint density at radius 3 is 1.53 bits per heavy atom. The van der Waals surface area contributed by atoms with E-state index in [1.54, 1.807) is 0 Å². The van der Waals surface area contributed by atoms with E-state index in [4.69, 9.17) is 5.26 Å². The molecular weight excluding hydrogens is 386 g/mol. The summed E-state index contributed by atoms with van der Waals surface area (Å²) >= 11 is 0. The van der Waals surface area contributed by atoms with Crippen molar-refractivity contribution in [1.29, 1.82) is 5.26 Å². The molecule has 0 saturated heterocycles. The molecule has 0 aromatic heterocycles. The van der Waals surface area contributed by atoms with Gasteiger partial charge in [-0.2, -0.15) is 5.26 Å². The maximum Gasteiger partial charge on any atom is 0.0991 e. The van der Waals surface area contributed by atoms with Crippen LogP contribution < -0.4 is 0 Å². The fourth-order valence-corrected chi connectivity index (χ4v) is 5.36. The Kier molecular flexibility index (Phi) is 10.9. The smallest absolute Gasteiger partial charge is 0.0991 e. The van der Waals surface area contributed by atoms with Crippen LogP contribution in [0.4, 0.5) is 0 Å². The van der Waals surface area contributed by atoms with Gasteiger partial charge in [-0.25, -0.2) is 0 Å². The van der Waals surface area contributed by atoms with Gasteiger partial charge in [0.25, 0.3) is 0 Å². The SMILES string of the molecule is CCCCCCCCCCCCc1ccc([C@H]2CC[C@H](c3ccc(C#N)cc3)CC2)cc1. The van der Waals surface area contributed by atoms with Crippen LogP contribution in [0.2, 0.25) is 0 Å². The molecule has 1 nitrogen and oxygen atoms in total. The van der Waals surface area contributed by atoms with E-state index in [1.807, 2.05) is 12.1 Å². The number of nitriles is 1. The van der Waals surface area contributed by atoms with Gasteiger partial charge in [0.15, 0.2) is 0 Å². The van der Waals surface area contributed by atoms with Gasteiger partial charge in [0.1, 0.15) is 0 Å². The van der Waals surface area contributed by atoms with Gasteiger partial charge in [0, 0.05) is 0 Å². The summed E-state index contributed by atoms with van der Waals surface area (Å²) in [6, 6.07) is 20.0. The standard InChI is InChI=1S/C31H43N/c1-2-3-4-5-6-7-8-9-10-11-12-26-13-17-28(18-14-26)30-21-23-31(24-22-30)29-19-15-27(25-32)16-20-29/h13-20,30-31H,2-12,21-24H2,1H3/t30-,31-. The number of aryl methyl sites for hydroxylation is 1. The zero-order valence-corrected chi connectivity index (χ0v) is 20.3. The zero-order valence-electron chi connectivity index (χ0n) is 20.3. The predicted molar refractivity (Wildman–Crippen MR) is 137 cm³/mol. The summed E-state index contributed by atoms with van der Waals surface area (Å²) in [6.07, 6.45) is 20.4. The topological polar surface area (TPSA) is 23.8 Å². The first-order valence-electron chi connectivity index (χ1n) is 13.4. The molecule has 3 rings (SSSR count). The third-order valence-corrected chi connectivity index (χ3v) is 7.51. The minimum absolute atomic E-state index is 0.662. The summed E-state index contributed by atoms with van der Waals surface area (Å²) < 4.78 is 0. The Labute approximate surface area is 197 Å². The van der Waals surface area contributed by atoms with Crippen LogP contribution in [-0.4, -0.2) is 0 Å². The highest BCUT2D eigenvalue weighted by Gasteiger charge is 2.23. The van der Waals surface area contributed by atoms with Crippen molar-refractivity contribution in [2.45, 2.75) is 115 Å². The number of hydrogen-bond donors (Lipinski definition) is 0. The minimum Gasteiger partial charge on any atom is -0.192 e. The molecule has 0 bridgehead atoms. The van der Waals surface area contributed by atoms with Gasteiger partial charge in [-0.15, -0.1) is 0 Å². The van der Waals surface area contributed by atoms with Crippen molar-refractivity contribution in [2.24, 2.45) is 0 Å². The number of benzene rings is 2. The number of unbranched alkanes of at least 4 members (excludes halogenated alkanes) is 9. The Balaban J connectivity index is 1.30. The predicted octanol–water partition coefficient (Wildman–Crippen LogP) is 9.46. The zero-order chi connectivity index (χ0) is 22.4. The van der Waals surface area contributed by atoms with Crippen molar-refractivity contribution in [3.63, 3.8) is 0 Å². The summed E-state index contributed by atoms with van der Waals surface area (Å²) in [5.41, 5.74) is 5.23. The van der Waals surface area contributed by atoms with E-state index in [-0.39, 0.29) is 0 Å². The van der Waals surface area contributed by atoms with Crippen LogP contribution >= 0.6 is 0 Å². The molecule has 0 aliphatic heterocycles. The average Bonchev–Trinajstić information content (AvgIpc) is 2.86. The second kappa shape index (κ2) is 14.2. The van der Waals surface area contributed by atoms with Gasteiger partial charge in [0.2, 0.25) is 0 Å². The fourth-order valence-electron chi connectivity index (χ4n) is 5.36. The molecular formula is C31H43N. The molecule has 0 heterocycles. The van der Waals surface area contributed by atoms with Crippen molar-refractivity contribution in [2.75, 3.05) is 0 Å². The molecule has 1 saturated carbocycles. The van der Waals surface area contributed by atoms with Crippen molar-refractivity contribution in [3.05, 3.63) is 70.8 Å². The quantitative estimate of drug-likeness (QED) is 0.291.